The first-order chi connectivity index (χ1) is 9.95. The Morgan fingerprint density at radius 1 is 1.38 bits per heavy atom. The minimum absolute atomic E-state index is 0.104. The van der Waals surface area contributed by atoms with Crippen LogP contribution in [0.3, 0.4) is 0 Å². The molecule has 0 fully saturated rings. The highest BCUT2D eigenvalue weighted by molar-refractivity contribution is 5.95. The Balaban J connectivity index is 1.87. The molecule has 1 aromatic heterocycles. The molecule has 0 spiro atoms. The summed E-state index contributed by atoms with van der Waals surface area (Å²) in [6.45, 7) is 3.29. The van der Waals surface area contributed by atoms with Gasteiger partial charge in [0, 0.05) is 5.69 Å². The van der Waals surface area contributed by atoms with Crippen LogP contribution >= 0.6 is 0 Å². The van der Waals surface area contributed by atoms with Crippen LogP contribution in [0.5, 0.6) is 0 Å². The summed E-state index contributed by atoms with van der Waals surface area (Å²) in [6.07, 6.45) is 3.08. The predicted octanol–water partition coefficient (Wildman–Crippen LogP) is 1.63. The molecule has 2 heterocycles. The molecule has 110 valence electrons. The number of carbonyl (C=O) groups excluding carboxylic acids is 1. The van der Waals surface area contributed by atoms with Crippen LogP contribution in [0.25, 0.3) is 0 Å². The van der Waals surface area contributed by atoms with Gasteiger partial charge in [-0.1, -0.05) is 23.4 Å². The zero-order chi connectivity index (χ0) is 15.0. The van der Waals surface area contributed by atoms with E-state index in [1.165, 1.54) is 4.68 Å². The molecule has 1 amide bonds. The van der Waals surface area contributed by atoms with Crippen molar-refractivity contribution < 1.29 is 9.90 Å². The van der Waals surface area contributed by atoms with Gasteiger partial charge in [0.2, 0.25) is 5.91 Å². The van der Waals surface area contributed by atoms with Crippen LogP contribution in [0.1, 0.15) is 37.6 Å². The number of fused-ring (bicyclic) bond motifs is 1. The summed E-state index contributed by atoms with van der Waals surface area (Å²) >= 11 is 0. The minimum Gasteiger partial charge on any atom is -0.384 e. The highest BCUT2D eigenvalue weighted by Crippen LogP contribution is 2.27. The molecule has 0 saturated carbocycles. The summed E-state index contributed by atoms with van der Waals surface area (Å²) < 4.78 is 1.54. The Hall–Kier alpha value is -2.21. The first-order valence-corrected chi connectivity index (χ1v) is 6.98. The number of rotatable bonds is 2. The van der Waals surface area contributed by atoms with Crippen molar-refractivity contribution in [2.75, 3.05) is 5.32 Å². The summed E-state index contributed by atoms with van der Waals surface area (Å²) in [7, 11) is 0. The van der Waals surface area contributed by atoms with Crippen molar-refractivity contribution in [1.29, 1.82) is 0 Å². The number of para-hydroxylation sites is 1. The van der Waals surface area contributed by atoms with E-state index in [2.05, 4.69) is 15.6 Å². The van der Waals surface area contributed by atoms with Crippen LogP contribution < -0.4 is 5.32 Å². The van der Waals surface area contributed by atoms with Crippen LogP contribution in [0, 0.1) is 0 Å². The van der Waals surface area contributed by atoms with Gasteiger partial charge in [-0.3, -0.25) is 4.79 Å². The van der Waals surface area contributed by atoms with Crippen molar-refractivity contribution in [1.82, 2.24) is 15.0 Å². The maximum absolute atomic E-state index is 12.4. The third-order valence-corrected chi connectivity index (χ3v) is 3.72. The minimum atomic E-state index is -1.07. The highest BCUT2D eigenvalue weighted by Gasteiger charge is 2.28. The van der Waals surface area contributed by atoms with Gasteiger partial charge in [0.15, 0.2) is 0 Å². The average molecular weight is 286 g/mol. The number of benzene rings is 1. The molecule has 0 aliphatic carbocycles. The lowest BCUT2D eigenvalue weighted by molar-refractivity contribution is -0.119. The van der Waals surface area contributed by atoms with E-state index in [1.54, 1.807) is 20.0 Å². The Morgan fingerprint density at radius 2 is 2.14 bits per heavy atom. The van der Waals surface area contributed by atoms with Crippen LogP contribution in [0.2, 0.25) is 0 Å². The Morgan fingerprint density at radius 3 is 2.86 bits per heavy atom. The summed E-state index contributed by atoms with van der Waals surface area (Å²) in [5.74, 6) is -0.104. The number of nitrogens with one attached hydrogen (secondary N) is 1. The Labute approximate surface area is 122 Å². The summed E-state index contributed by atoms with van der Waals surface area (Å²) in [4.78, 5) is 12.4. The van der Waals surface area contributed by atoms with Gasteiger partial charge >= 0.3 is 0 Å². The summed E-state index contributed by atoms with van der Waals surface area (Å²) in [6, 6.07) is 7.37. The van der Waals surface area contributed by atoms with Crippen LogP contribution in [-0.4, -0.2) is 26.0 Å². The maximum Gasteiger partial charge on any atom is 0.249 e. The quantitative estimate of drug-likeness (QED) is 0.879. The number of aryl methyl sites for hydroxylation is 1. The second-order valence-corrected chi connectivity index (χ2v) is 5.84. The number of nitrogens with zero attached hydrogens (tertiary/aromatic N) is 3. The van der Waals surface area contributed by atoms with Crippen LogP contribution in [0.15, 0.2) is 30.5 Å². The highest BCUT2D eigenvalue weighted by atomic mass is 16.3. The zero-order valence-electron chi connectivity index (χ0n) is 12.1. The smallest absolute Gasteiger partial charge is 0.249 e. The molecule has 6 heteroatoms. The maximum atomic E-state index is 12.4. The predicted molar refractivity (Wildman–Crippen MR) is 77.7 cm³/mol. The third kappa shape index (κ3) is 2.67. The number of carbonyl (C=O) groups is 1. The lowest BCUT2D eigenvalue weighted by Crippen LogP contribution is -2.25. The molecule has 2 aromatic rings. The fourth-order valence-corrected chi connectivity index (χ4v) is 2.46. The SMILES string of the molecule is CC(C)(O)c1cn(C2CCc3ccccc3NC2=O)nn1. The lowest BCUT2D eigenvalue weighted by Gasteiger charge is -2.14. The molecule has 1 aliphatic rings. The van der Waals surface area contributed by atoms with E-state index in [-0.39, 0.29) is 5.91 Å². The van der Waals surface area contributed by atoms with Crippen LogP contribution in [-0.2, 0) is 16.8 Å². The number of aliphatic hydroxyl groups is 1. The van der Waals surface area contributed by atoms with Crippen molar-refractivity contribution in [3.8, 4) is 0 Å². The number of hydrogen-bond acceptors (Lipinski definition) is 4. The summed E-state index contributed by atoms with van der Waals surface area (Å²) in [5, 5.41) is 20.8. The third-order valence-electron chi connectivity index (χ3n) is 3.72. The molecule has 21 heavy (non-hydrogen) atoms. The Bertz CT molecular complexity index is 672. The molecular formula is C15H18N4O2. The van der Waals surface area contributed by atoms with Gasteiger partial charge in [0.25, 0.3) is 0 Å². The van der Waals surface area contributed by atoms with Crippen molar-refractivity contribution in [2.45, 2.75) is 38.3 Å². The molecule has 1 aromatic carbocycles. The van der Waals surface area contributed by atoms with E-state index >= 15 is 0 Å². The number of aromatic nitrogens is 3. The van der Waals surface area contributed by atoms with E-state index < -0.39 is 11.6 Å². The summed E-state index contributed by atoms with van der Waals surface area (Å²) in [5.41, 5.74) is 1.36. The average Bonchev–Trinajstić information content (AvgIpc) is 2.84. The number of anilines is 1. The molecule has 2 N–H and O–H groups in total. The fraction of sp³-hybridized carbons (Fsp3) is 0.400. The zero-order valence-corrected chi connectivity index (χ0v) is 12.1. The molecule has 6 nitrogen and oxygen atoms in total. The van der Waals surface area contributed by atoms with Gasteiger partial charge in [-0.15, -0.1) is 5.10 Å². The Kier molecular flexibility index (Phi) is 3.25. The lowest BCUT2D eigenvalue weighted by atomic mass is 10.1. The molecule has 0 radical (unpaired) electrons. The largest absolute Gasteiger partial charge is 0.384 e. The van der Waals surface area contributed by atoms with E-state index in [0.29, 0.717) is 12.1 Å². The first kappa shape index (κ1) is 13.8. The number of amides is 1. The molecule has 1 unspecified atom stereocenters. The van der Waals surface area contributed by atoms with Gasteiger partial charge in [0.1, 0.15) is 17.3 Å². The van der Waals surface area contributed by atoms with Crippen molar-refractivity contribution in [3.05, 3.63) is 41.7 Å². The number of hydrogen-bond donors (Lipinski definition) is 2. The van der Waals surface area contributed by atoms with Gasteiger partial charge in [-0.2, -0.15) is 0 Å². The fourth-order valence-electron chi connectivity index (χ4n) is 2.46. The van der Waals surface area contributed by atoms with Gasteiger partial charge in [-0.05, 0) is 38.3 Å². The molecule has 0 bridgehead atoms. The van der Waals surface area contributed by atoms with E-state index in [0.717, 1.165) is 17.7 Å². The van der Waals surface area contributed by atoms with Gasteiger partial charge in [0.05, 0.1) is 6.20 Å². The van der Waals surface area contributed by atoms with Crippen molar-refractivity contribution in [3.63, 3.8) is 0 Å². The van der Waals surface area contributed by atoms with E-state index in [9.17, 15) is 9.90 Å². The van der Waals surface area contributed by atoms with Crippen molar-refractivity contribution >= 4 is 11.6 Å². The normalized spacial score (nSPS) is 18.8. The van der Waals surface area contributed by atoms with Crippen LogP contribution in [0.4, 0.5) is 5.69 Å². The first-order valence-electron chi connectivity index (χ1n) is 6.98. The molecule has 0 saturated heterocycles. The van der Waals surface area contributed by atoms with Gasteiger partial charge < -0.3 is 10.4 Å². The molecular weight excluding hydrogens is 268 g/mol. The second-order valence-electron chi connectivity index (χ2n) is 5.84. The topological polar surface area (TPSA) is 80.0 Å². The molecule has 1 aliphatic heterocycles. The molecule has 3 rings (SSSR count). The standard InChI is InChI=1S/C15H18N4O2/c1-15(2,21)13-9-19(18-17-13)12-8-7-10-5-3-4-6-11(10)16-14(12)20/h3-6,9,12,21H,7-8H2,1-2H3,(H,16,20). The van der Waals surface area contributed by atoms with Crippen molar-refractivity contribution in [2.24, 2.45) is 0 Å². The monoisotopic (exact) mass is 286 g/mol. The van der Waals surface area contributed by atoms with E-state index in [4.69, 9.17) is 0 Å². The van der Waals surface area contributed by atoms with Gasteiger partial charge in [-0.25, -0.2) is 4.68 Å². The second kappa shape index (κ2) is 4.96. The van der Waals surface area contributed by atoms with E-state index in [1.807, 2.05) is 24.3 Å². The molecule has 1 atom stereocenters.